The van der Waals surface area contributed by atoms with E-state index in [2.05, 4.69) is 20.8 Å². The summed E-state index contributed by atoms with van der Waals surface area (Å²) in [6, 6.07) is 0. The molecule has 1 amide bonds. The van der Waals surface area contributed by atoms with Gasteiger partial charge in [0.05, 0.1) is 5.37 Å². The molecule has 0 radical (unpaired) electrons. The molecule has 3 heterocycles. The average Bonchev–Trinajstić information content (AvgIpc) is 3.10. The van der Waals surface area contributed by atoms with Crippen LogP contribution in [0.3, 0.4) is 0 Å². The van der Waals surface area contributed by atoms with Gasteiger partial charge in [-0.25, -0.2) is 9.78 Å². The van der Waals surface area contributed by atoms with Crippen LogP contribution in [0.4, 0.5) is 5.13 Å². The number of esters is 1. The molecule has 9 nitrogen and oxygen atoms in total. The van der Waals surface area contributed by atoms with E-state index in [0.29, 0.717) is 11.4 Å². The fourth-order valence-electron chi connectivity index (χ4n) is 2.35. The molecule has 0 spiro atoms. The number of ether oxygens (including phenoxy) is 1. The number of hydrogen-bond donors (Lipinski definition) is 4. The van der Waals surface area contributed by atoms with Crippen molar-refractivity contribution in [1.29, 1.82) is 0 Å². The number of rotatable bonds is 4. The van der Waals surface area contributed by atoms with Crippen molar-refractivity contribution in [2.75, 3.05) is 18.0 Å². The van der Waals surface area contributed by atoms with Gasteiger partial charge in [-0.15, -0.1) is 23.1 Å². The van der Waals surface area contributed by atoms with E-state index in [1.165, 1.54) is 5.38 Å². The topological polar surface area (TPSA) is 139 Å². The number of nitrogens with two attached hydrogens (primary N) is 1. The van der Waals surface area contributed by atoms with Gasteiger partial charge in [0.2, 0.25) is 0 Å². The molecule has 1 aromatic rings. The Balaban J connectivity index is 1.59. The highest BCUT2D eigenvalue weighted by Crippen LogP contribution is 2.30. The minimum Gasteiger partial charge on any atom is -0.453 e. The average molecular weight is 369 g/mol. The molecule has 0 saturated carbocycles. The Labute approximate surface area is 145 Å². The summed E-state index contributed by atoms with van der Waals surface area (Å²) < 4.78 is 5.15. The van der Waals surface area contributed by atoms with Crippen LogP contribution in [-0.2, 0) is 14.3 Å². The lowest BCUT2D eigenvalue weighted by Crippen LogP contribution is -2.44. The van der Waals surface area contributed by atoms with Crippen LogP contribution in [0.5, 0.6) is 0 Å². The van der Waals surface area contributed by atoms with E-state index in [9.17, 15) is 9.59 Å². The molecule has 0 fully saturated rings. The first-order valence-corrected chi connectivity index (χ1v) is 8.96. The third kappa shape index (κ3) is 3.17. The molecule has 2 unspecified atom stereocenters. The van der Waals surface area contributed by atoms with Crippen LogP contribution in [0, 0.1) is 0 Å². The van der Waals surface area contributed by atoms with Crippen molar-refractivity contribution in [2.24, 2.45) is 5.16 Å². The van der Waals surface area contributed by atoms with Crippen molar-refractivity contribution in [3.63, 3.8) is 0 Å². The Kier molecular flexibility index (Phi) is 4.62. The van der Waals surface area contributed by atoms with Crippen LogP contribution in [0.2, 0.25) is 0 Å². The largest absolute Gasteiger partial charge is 0.453 e. The highest BCUT2D eigenvalue weighted by molar-refractivity contribution is 8.00. The summed E-state index contributed by atoms with van der Waals surface area (Å²) in [5.41, 5.74) is 6.92. The lowest BCUT2D eigenvalue weighted by molar-refractivity contribution is -0.139. The van der Waals surface area contributed by atoms with Crippen molar-refractivity contribution < 1.29 is 19.5 Å². The fourth-order valence-corrected chi connectivity index (χ4v) is 4.06. The number of nitrogen functional groups attached to an aromatic ring is 1. The number of hydrogen-bond acceptors (Lipinski definition) is 10. The number of nitrogens with one attached hydrogen (secondary N) is 2. The maximum atomic E-state index is 12.2. The second-order valence-corrected chi connectivity index (χ2v) is 7.20. The number of nitrogens with zero attached hydrogens (tertiary/aromatic N) is 2. The summed E-state index contributed by atoms with van der Waals surface area (Å²) >= 11 is 2.70. The molecule has 0 bridgehead atoms. The lowest BCUT2D eigenvalue weighted by atomic mass is 10.1. The minimum atomic E-state index is -0.577. The fraction of sp³-hybridized carbons (Fsp3) is 0.385. The molecular formula is C13H15N5O4S2. The van der Waals surface area contributed by atoms with E-state index in [1.54, 1.807) is 11.8 Å². The number of thiazole rings is 1. The number of thioether (sulfide) groups is 1. The monoisotopic (exact) mass is 369 g/mol. The second kappa shape index (κ2) is 6.69. The highest BCUT2D eigenvalue weighted by Gasteiger charge is 2.36. The van der Waals surface area contributed by atoms with E-state index in [-0.39, 0.29) is 40.5 Å². The lowest BCUT2D eigenvalue weighted by Gasteiger charge is -2.24. The van der Waals surface area contributed by atoms with Gasteiger partial charge in [0.1, 0.15) is 17.5 Å². The van der Waals surface area contributed by atoms with Crippen molar-refractivity contribution in [3.05, 3.63) is 22.3 Å². The Bertz CT molecular complexity index is 744. The predicted octanol–water partition coefficient (Wildman–Crippen LogP) is -0.118. The smallest absolute Gasteiger partial charge is 0.355 e. The molecule has 1 aromatic heterocycles. The van der Waals surface area contributed by atoms with Gasteiger partial charge in [0, 0.05) is 23.3 Å². The zero-order chi connectivity index (χ0) is 17.3. The maximum Gasteiger partial charge on any atom is 0.355 e. The molecular weight excluding hydrogens is 354 g/mol. The molecule has 24 heavy (non-hydrogen) atoms. The van der Waals surface area contributed by atoms with Crippen LogP contribution >= 0.6 is 23.1 Å². The Morgan fingerprint density at radius 1 is 1.67 bits per heavy atom. The van der Waals surface area contributed by atoms with Crippen molar-refractivity contribution in [1.82, 2.24) is 15.6 Å². The Morgan fingerprint density at radius 2 is 2.46 bits per heavy atom. The zero-order valence-corrected chi connectivity index (χ0v) is 14.2. The number of anilines is 1. The van der Waals surface area contributed by atoms with E-state index in [0.717, 1.165) is 16.9 Å². The number of oxime groups is 1. The van der Waals surface area contributed by atoms with Gasteiger partial charge >= 0.3 is 5.97 Å². The molecule has 2 atom stereocenters. The number of carbonyl (C=O) groups excluding carboxylic acids is 2. The summed E-state index contributed by atoms with van der Waals surface area (Å²) in [4.78, 5) is 27.8. The van der Waals surface area contributed by atoms with Crippen LogP contribution in [-0.4, -0.2) is 51.6 Å². The molecule has 3 rings (SSSR count). The third-order valence-electron chi connectivity index (χ3n) is 3.57. The number of carbonyl (C=O) groups is 2. The standard InChI is InChI=1S/C13H15N5O4S2/c1-5-6-3-23-8(17-9(6)12(20)22-5)2-15-11(19)10(18-21)7-4-24-13(14)16-7/h4-5,8,17,21H,2-3H2,1H3,(H2,14,16)(H,15,19)/b18-10+. The summed E-state index contributed by atoms with van der Waals surface area (Å²) in [5, 5.41) is 19.4. The van der Waals surface area contributed by atoms with E-state index in [4.69, 9.17) is 15.7 Å². The first kappa shape index (κ1) is 16.6. The normalized spacial score (nSPS) is 23.5. The van der Waals surface area contributed by atoms with E-state index < -0.39 is 5.91 Å². The molecule has 0 aromatic carbocycles. The van der Waals surface area contributed by atoms with Gasteiger partial charge in [-0.2, -0.15) is 0 Å². The van der Waals surface area contributed by atoms with Crippen LogP contribution in [0.1, 0.15) is 12.6 Å². The first-order chi connectivity index (χ1) is 11.5. The Morgan fingerprint density at radius 3 is 3.12 bits per heavy atom. The van der Waals surface area contributed by atoms with Crippen LogP contribution < -0.4 is 16.4 Å². The zero-order valence-electron chi connectivity index (χ0n) is 12.6. The van der Waals surface area contributed by atoms with Gasteiger partial charge in [-0.3, -0.25) is 4.79 Å². The first-order valence-electron chi connectivity index (χ1n) is 7.03. The molecule has 2 aliphatic heterocycles. The molecule has 2 aliphatic rings. The van der Waals surface area contributed by atoms with Gasteiger partial charge in [-0.05, 0) is 6.92 Å². The van der Waals surface area contributed by atoms with Gasteiger partial charge < -0.3 is 26.3 Å². The van der Waals surface area contributed by atoms with Crippen molar-refractivity contribution in [2.45, 2.75) is 18.4 Å². The molecule has 128 valence electrons. The van der Waals surface area contributed by atoms with Crippen LogP contribution in [0.15, 0.2) is 21.8 Å². The highest BCUT2D eigenvalue weighted by atomic mass is 32.2. The van der Waals surface area contributed by atoms with Gasteiger partial charge in [-0.1, -0.05) is 5.16 Å². The SMILES string of the molecule is CC1OC(=O)C2=C1CSC(CNC(=O)/C(=N/O)c1csc(N)n1)N2. The van der Waals surface area contributed by atoms with Gasteiger partial charge in [0.15, 0.2) is 10.8 Å². The summed E-state index contributed by atoms with van der Waals surface area (Å²) in [6.07, 6.45) is -0.216. The van der Waals surface area contributed by atoms with Gasteiger partial charge in [0.25, 0.3) is 5.91 Å². The predicted molar refractivity (Wildman–Crippen MR) is 89.8 cm³/mol. The number of cyclic esters (lactones) is 1. The summed E-state index contributed by atoms with van der Waals surface area (Å²) in [6.45, 7) is 2.06. The number of aromatic nitrogens is 1. The van der Waals surface area contributed by atoms with Crippen LogP contribution in [0.25, 0.3) is 0 Å². The number of amides is 1. The van der Waals surface area contributed by atoms with E-state index >= 15 is 0 Å². The maximum absolute atomic E-state index is 12.2. The molecule has 11 heteroatoms. The molecule has 5 N–H and O–H groups in total. The van der Waals surface area contributed by atoms with Crippen molar-refractivity contribution >= 4 is 45.8 Å². The second-order valence-electron chi connectivity index (χ2n) is 5.12. The minimum absolute atomic E-state index is 0.189. The summed E-state index contributed by atoms with van der Waals surface area (Å²) in [7, 11) is 0. The molecule has 0 saturated heterocycles. The quantitative estimate of drug-likeness (QED) is 0.249. The third-order valence-corrected chi connectivity index (χ3v) is 5.41. The van der Waals surface area contributed by atoms with Crippen molar-refractivity contribution in [3.8, 4) is 0 Å². The van der Waals surface area contributed by atoms with E-state index in [1.807, 2.05) is 6.92 Å². The molecule has 0 aliphatic carbocycles. The summed E-state index contributed by atoms with van der Waals surface area (Å²) in [5.74, 6) is -0.295. The Hall–Kier alpha value is -2.27.